The minimum atomic E-state index is -1.02. The number of rotatable bonds is 8. The second kappa shape index (κ2) is 10.0. The number of aliphatic hydroxyl groups excluding tert-OH is 3. The molecule has 0 heterocycles. The summed E-state index contributed by atoms with van der Waals surface area (Å²) in [4.78, 5) is 10.5. The topological polar surface area (TPSA) is 98.0 Å². The minimum absolute atomic E-state index is 0.121. The van der Waals surface area contributed by atoms with Crippen LogP contribution >= 0.6 is 0 Å². The Morgan fingerprint density at radius 2 is 1.96 bits per heavy atom. The molecular weight excluding hydrogens is 308 g/mol. The number of allylic oxidation sites excluding steroid dienone is 8. The molecule has 0 amide bonds. The molecule has 0 saturated carbocycles. The van der Waals surface area contributed by atoms with Crippen LogP contribution in [0.2, 0.25) is 0 Å². The molecule has 5 heteroatoms. The molecule has 5 nitrogen and oxygen atoms in total. The van der Waals surface area contributed by atoms with Crippen molar-refractivity contribution in [3.8, 4) is 0 Å². The van der Waals surface area contributed by atoms with E-state index in [1.807, 2.05) is 31.2 Å². The van der Waals surface area contributed by atoms with Gasteiger partial charge in [-0.25, -0.2) is 4.79 Å². The van der Waals surface area contributed by atoms with Crippen LogP contribution in [0.25, 0.3) is 0 Å². The summed E-state index contributed by atoms with van der Waals surface area (Å²) < 4.78 is 0. The first-order valence-corrected chi connectivity index (χ1v) is 7.99. The van der Waals surface area contributed by atoms with Crippen LogP contribution in [0.3, 0.4) is 0 Å². The van der Waals surface area contributed by atoms with Crippen molar-refractivity contribution >= 4 is 5.97 Å². The molecule has 0 spiro atoms. The van der Waals surface area contributed by atoms with E-state index in [1.54, 1.807) is 19.1 Å². The number of aliphatic carboxylic acids is 1. The molecule has 0 aromatic rings. The van der Waals surface area contributed by atoms with E-state index in [9.17, 15) is 20.1 Å². The van der Waals surface area contributed by atoms with Gasteiger partial charge in [0.1, 0.15) is 0 Å². The summed E-state index contributed by atoms with van der Waals surface area (Å²) >= 11 is 0. The quantitative estimate of drug-likeness (QED) is 0.403. The molecule has 3 atom stereocenters. The summed E-state index contributed by atoms with van der Waals surface area (Å²) in [5.74, 6) is -0.953. The van der Waals surface area contributed by atoms with E-state index in [2.05, 4.69) is 0 Å². The third-order valence-electron chi connectivity index (χ3n) is 3.59. The maximum absolute atomic E-state index is 10.5. The summed E-state index contributed by atoms with van der Waals surface area (Å²) in [6, 6.07) is 0. The Morgan fingerprint density at radius 3 is 2.58 bits per heavy atom. The number of carboxylic acid groups (broad SMARTS) is 1. The lowest BCUT2D eigenvalue weighted by Crippen LogP contribution is -2.27. The fraction of sp³-hybridized carbons (Fsp3) is 0.421. The van der Waals surface area contributed by atoms with Gasteiger partial charge < -0.3 is 20.4 Å². The molecule has 24 heavy (non-hydrogen) atoms. The predicted octanol–water partition coefficient (Wildman–Crippen LogP) is 2.27. The molecule has 1 rings (SSSR count). The van der Waals surface area contributed by atoms with Crippen LogP contribution in [0.1, 0.15) is 33.1 Å². The van der Waals surface area contributed by atoms with Crippen molar-refractivity contribution in [2.75, 3.05) is 0 Å². The van der Waals surface area contributed by atoms with Crippen LogP contribution in [0.5, 0.6) is 0 Å². The Balaban J connectivity index is 2.59. The standard InChI is InChI=1S/C19H26O5/c1-13(10-17(21)18(22)11-14(2)20)4-3-5-15-6-7-16(12-15)8-9-19(23)24/h3-5,8-10,12,14,17-18,20-22H,6-7,11H2,1-2H3,(H,23,24)/b4-3?,9-8?,13-10+,15-5?. The molecule has 0 fully saturated rings. The van der Waals surface area contributed by atoms with Gasteiger partial charge in [0.25, 0.3) is 0 Å². The molecule has 0 aromatic heterocycles. The molecule has 0 bridgehead atoms. The van der Waals surface area contributed by atoms with Crippen molar-refractivity contribution in [2.24, 2.45) is 0 Å². The van der Waals surface area contributed by atoms with Crippen LogP contribution in [-0.2, 0) is 4.79 Å². The largest absolute Gasteiger partial charge is 0.478 e. The molecule has 132 valence electrons. The molecule has 0 aromatic carbocycles. The van der Waals surface area contributed by atoms with Crippen LogP contribution in [-0.4, -0.2) is 44.7 Å². The van der Waals surface area contributed by atoms with Gasteiger partial charge in [-0.1, -0.05) is 42.0 Å². The Kier molecular flexibility index (Phi) is 8.40. The van der Waals surface area contributed by atoms with Gasteiger partial charge >= 0.3 is 5.97 Å². The highest BCUT2D eigenvalue weighted by Gasteiger charge is 2.15. The Hall–Kier alpha value is -1.95. The maximum atomic E-state index is 10.5. The Bertz CT molecular complexity index is 579. The predicted molar refractivity (Wildman–Crippen MR) is 93.4 cm³/mol. The lowest BCUT2D eigenvalue weighted by molar-refractivity contribution is -0.131. The zero-order valence-corrected chi connectivity index (χ0v) is 14.1. The van der Waals surface area contributed by atoms with Crippen molar-refractivity contribution < 1.29 is 25.2 Å². The highest BCUT2D eigenvalue weighted by Crippen LogP contribution is 2.24. The molecule has 3 unspecified atom stereocenters. The summed E-state index contributed by atoms with van der Waals surface area (Å²) in [6.07, 6.45) is 11.0. The SMILES string of the molecule is C/C(C=CC=C1C=C(C=CC(=O)O)CC1)=C\C(O)C(O)CC(C)O. The zero-order chi connectivity index (χ0) is 18.1. The van der Waals surface area contributed by atoms with Gasteiger partial charge in [-0.2, -0.15) is 0 Å². The van der Waals surface area contributed by atoms with E-state index >= 15 is 0 Å². The summed E-state index contributed by atoms with van der Waals surface area (Å²) in [5.41, 5.74) is 2.90. The highest BCUT2D eigenvalue weighted by atomic mass is 16.4. The first-order chi connectivity index (χ1) is 11.3. The molecular formula is C19H26O5. The van der Waals surface area contributed by atoms with E-state index < -0.39 is 24.3 Å². The van der Waals surface area contributed by atoms with E-state index in [0.29, 0.717) is 0 Å². The Morgan fingerprint density at radius 1 is 1.25 bits per heavy atom. The first-order valence-electron chi connectivity index (χ1n) is 7.99. The summed E-state index contributed by atoms with van der Waals surface area (Å²) in [7, 11) is 0. The van der Waals surface area contributed by atoms with Crippen molar-refractivity contribution in [2.45, 2.75) is 51.4 Å². The van der Waals surface area contributed by atoms with Gasteiger partial charge in [-0.05, 0) is 37.8 Å². The van der Waals surface area contributed by atoms with E-state index in [4.69, 9.17) is 5.11 Å². The average Bonchev–Trinajstić information content (AvgIpc) is 2.92. The maximum Gasteiger partial charge on any atom is 0.328 e. The van der Waals surface area contributed by atoms with Crippen LogP contribution in [0.15, 0.2) is 59.3 Å². The zero-order valence-electron chi connectivity index (χ0n) is 14.1. The lowest BCUT2D eigenvalue weighted by Gasteiger charge is -2.16. The molecule has 1 aliphatic rings. The van der Waals surface area contributed by atoms with Crippen molar-refractivity contribution in [3.63, 3.8) is 0 Å². The normalized spacial score (nSPS) is 21.5. The number of carboxylic acids is 1. The minimum Gasteiger partial charge on any atom is -0.478 e. The highest BCUT2D eigenvalue weighted by molar-refractivity contribution is 5.80. The first kappa shape index (κ1) is 20.1. The third kappa shape index (κ3) is 8.06. The van der Waals surface area contributed by atoms with Crippen LogP contribution in [0.4, 0.5) is 0 Å². The summed E-state index contributed by atoms with van der Waals surface area (Å²) in [6.45, 7) is 3.38. The second-order valence-corrected chi connectivity index (χ2v) is 6.04. The van der Waals surface area contributed by atoms with E-state index in [-0.39, 0.29) is 6.42 Å². The van der Waals surface area contributed by atoms with Crippen molar-refractivity contribution in [3.05, 3.63) is 59.3 Å². The lowest BCUT2D eigenvalue weighted by atomic mass is 10.0. The number of aliphatic hydroxyl groups is 3. The van der Waals surface area contributed by atoms with E-state index in [1.165, 1.54) is 0 Å². The smallest absolute Gasteiger partial charge is 0.328 e. The molecule has 1 aliphatic carbocycles. The Labute approximate surface area is 142 Å². The number of hydrogen-bond acceptors (Lipinski definition) is 4. The average molecular weight is 334 g/mol. The fourth-order valence-electron chi connectivity index (χ4n) is 2.36. The van der Waals surface area contributed by atoms with Crippen molar-refractivity contribution in [1.82, 2.24) is 0 Å². The van der Waals surface area contributed by atoms with Crippen LogP contribution < -0.4 is 0 Å². The van der Waals surface area contributed by atoms with Crippen molar-refractivity contribution in [1.29, 1.82) is 0 Å². The van der Waals surface area contributed by atoms with Crippen LogP contribution in [0, 0.1) is 0 Å². The number of carbonyl (C=O) groups is 1. The van der Waals surface area contributed by atoms with Gasteiger partial charge in [-0.3, -0.25) is 0 Å². The molecule has 0 radical (unpaired) electrons. The third-order valence-corrected chi connectivity index (χ3v) is 3.59. The van der Waals surface area contributed by atoms with Gasteiger partial charge in [0.2, 0.25) is 0 Å². The monoisotopic (exact) mass is 334 g/mol. The second-order valence-electron chi connectivity index (χ2n) is 6.04. The van der Waals surface area contributed by atoms with E-state index in [0.717, 1.165) is 35.6 Å². The van der Waals surface area contributed by atoms with Gasteiger partial charge in [0.15, 0.2) is 0 Å². The fourth-order valence-corrected chi connectivity index (χ4v) is 2.36. The molecule has 0 saturated heterocycles. The number of hydrogen-bond donors (Lipinski definition) is 4. The van der Waals surface area contributed by atoms with Gasteiger partial charge in [0, 0.05) is 12.5 Å². The molecule has 0 aliphatic heterocycles. The summed E-state index contributed by atoms with van der Waals surface area (Å²) in [5, 5.41) is 37.3. The molecule has 4 N–H and O–H groups in total. The van der Waals surface area contributed by atoms with Gasteiger partial charge in [0.05, 0.1) is 18.3 Å². The van der Waals surface area contributed by atoms with Gasteiger partial charge in [-0.15, -0.1) is 0 Å².